The Hall–Kier alpha value is -2.68. The van der Waals surface area contributed by atoms with Gasteiger partial charge in [0, 0.05) is 22.5 Å². The van der Waals surface area contributed by atoms with Crippen molar-refractivity contribution < 1.29 is 4.74 Å². The van der Waals surface area contributed by atoms with Crippen LogP contribution in [0.2, 0.25) is 0 Å². The van der Waals surface area contributed by atoms with Crippen molar-refractivity contribution in [3.05, 3.63) is 58.7 Å². The van der Waals surface area contributed by atoms with Crippen LogP contribution in [0.25, 0.3) is 11.1 Å². The summed E-state index contributed by atoms with van der Waals surface area (Å²) in [6, 6.07) is 8.74. The molecule has 3 nitrogen and oxygen atoms in total. The molecule has 2 heterocycles. The molecule has 33 heavy (non-hydrogen) atoms. The number of rotatable bonds is 6. The Morgan fingerprint density at radius 2 is 1.06 bits per heavy atom. The summed E-state index contributed by atoms with van der Waals surface area (Å²) < 4.78 is 6.50. The minimum Gasteiger partial charge on any atom is -0.457 e. The van der Waals surface area contributed by atoms with Crippen LogP contribution in [0.1, 0.15) is 89.5 Å². The zero-order valence-electron chi connectivity index (χ0n) is 21.7. The quantitative estimate of drug-likeness (QED) is 0.467. The molecule has 2 atom stereocenters. The predicted molar refractivity (Wildman–Crippen MR) is 144 cm³/mol. The number of ether oxygens (including phenoxy) is 1. The Balaban J connectivity index is 1.72. The first-order valence-electron chi connectivity index (χ1n) is 12.6. The van der Waals surface area contributed by atoms with Gasteiger partial charge < -0.3 is 15.4 Å². The molecule has 0 amide bonds. The highest BCUT2D eigenvalue weighted by molar-refractivity contribution is 5.85. The second-order valence-electron chi connectivity index (χ2n) is 10.3. The SMILES string of the molecule is CCC1=CC(C)(CC)Nc2c(C)cc(Oc3cc(C)c4c(c3)C(CC)=CC(C)(CC)N4)cc21. The first kappa shape index (κ1) is 23.5. The third-order valence-electron chi connectivity index (χ3n) is 7.58. The summed E-state index contributed by atoms with van der Waals surface area (Å²) in [6.45, 7) is 17.9. The van der Waals surface area contributed by atoms with Gasteiger partial charge in [-0.1, -0.05) is 39.8 Å². The van der Waals surface area contributed by atoms with E-state index in [9.17, 15) is 0 Å². The minimum absolute atomic E-state index is 0.00393. The largest absolute Gasteiger partial charge is 0.457 e. The Labute approximate surface area is 200 Å². The fraction of sp³-hybridized carbons (Fsp3) is 0.467. The number of fused-ring (bicyclic) bond motifs is 2. The average Bonchev–Trinajstić information content (AvgIpc) is 2.79. The second kappa shape index (κ2) is 8.59. The maximum absolute atomic E-state index is 6.50. The van der Waals surface area contributed by atoms with E-state index in [0.717, 1.165) is 37.2 Å². The van der Waals surface area contributed by atoms with Crippen LogP contribution >= 0.6 is 0 Å². The van der Waals surface area contributed by atoms with Gasteiger partial charge in [-0.05, 0) is 99.9 Å². The van der Waals surface area contributed by atoms with Gasteiger partial charge in [0.05, 0.1) is 11.1 Å². The molecule has 0 aromatic heterocycles. The molecule has 4 rings (SSSR count). The van der Waals surface area contributed by atoms with E-state index in [1.165, 1.54) is 44.8 Å². The summed E-state index contributed by atoms with van der Waals surface area (Å²) >= 11 is 0. The van der Waals surface area contributed by atoms with Gasteiger partial charge in [0.25, 0.3) is 0 Å². The molecule has 2 aromatic rings. The van der Waals surface area contributed by atoms with Crippen LogP contribution in [-0.4, -0.2) is 11.1 Å². The van der Waals surface area contributed by atoms with E-state index in [1.54, 1.807) is 0 Å². The smallest absolute Gasteiger partial charge is 0.128 e. The lowest BCUT2D eigenvalue weighted by Crippen LogP contribution is -2.35. The standard InChI is InChI=1S/C30H40N2O/c1-9-21-17-29(7,11-3)31-27-19(5)13-23(15-25(21)27)33-24-14-20(6)28-26(16-24)22(10-2)18-30(8,12-4)32-28/h13-18,31-32H,9-12H2,1-8H3. The van der Waals surface area contributed by atoms with Crippen molar-refractivity contribution in [3.63, 3.8) is 0 Å². The van der Waals surface area contributed by atoms with Gasteiger partial charge in [0.2, 0.25) is 0 Å². The topological polar surface area (TPSA) is 33.3 Å². The monoisotopic (exact) mass is 444 g/mol. The molecule has 0 radical (unpaired) electrons. The number of nitrogens with one attached hydrogen (secondary N) is 2. The van der Waals surface area contributed by atoms with Gasteiger partial charge in [0.15, 0.2) is 0 Å². The van der Waals surface area contributed by atoms with Crippen LogP contribution in [0.5, 0.6) is 11.5 Å². The highest BCUT2D eigenvalue weighted by Crippen LogP contribution is 2.44. The summed E-state index contributed by atoms with van der Waals surface area (Å²) in [5.74, 6) is 1.80. The number of hydrogen-bond donors (Lipinski definition) is 2. The van der Waals surface area contributed by atoms with Gasteiger partial charge in [-0.3, -0.25) is 0 Å². The van der Waals surface area contributed by atoms with Gasteiger partial charge in [0.1, 0.15) is 11.5 Å². The predicted octanol–water partition coefficient (Wildman–Crippen LogP) is 8.87. The van der Waals surface area contributed by atoms with Crippen molar-refractivity contribution in [2.24, 2.45) is 0 Å². The van der Waals surface area contributed by atoms with Crippen LogP contribution in [0.4, 0.5) is 11.4 Å². The summed E-state index contributed by atoms with van der Waals surface area (Å²) in [6.07, 6.45) is 8.93. The summed E-state index contributed by atoms with van der Waals surface area (Å²) in [7, 11) is 0. The van der Waals surface area contributed by atoms with E-state index in [0.29, 0.717) is 0 Å². The van der Waals surface area contributed by atoms with Gasteiger partial charge >= 0.3 is 0 Å². The zero-order valence-corrected chi connectivity index (χ0v) is 21.7. The second-order valence-corrected chi connectivity index (χ2v) is 10.3. The van der Waals surface area contributed by atoms with Gasteiger partial charge in [-0.15, -0.1) is 0 Å². The molecular weight excluding hydrogens is 404 g/mol. The average molecular weight is 445 g/mol. The molecule has 2 aromatic carbocycles. The Morgan fingerprint density at radius 3 is 1.39 bits per heavy atom. The molecule has 0 saturated heterocycles. The van der Waals surface area contributed by atoms with Crippen molar-refractivity contribution >= 4 is 22.5 Å². The lowest BCUT2D eigenvalue weighted by Gasteiger charge is -2.36. The third-order valence-corrected chi connectivity index (χ3v) is 7.58. The van der Waals surface area contributed by atoms with Gasteiger partial charge in [-0.25, -0.2) is 0 Å². The summed E-state index contributed by atoms with van der Waals surface area (Å²) in [5.41, 5.74) is 10.3. The van der Waals surface area contributed by atoms with Crippen LogP contribution in [-0.2, 0) is 0 Å². The van der Waals surface area contributed by atoms with E-state index in [2.05, 4.69) is 102 Å². The maximum atomic E-state index is 6.50. The lowest BCUT2D eigenvalue weighted by atomic mass is 9.85. The number of benzene rings is 2. The van der Waals surface area contributed by atoms with Crippen molar-refractivity contribution in [3.8, 4) is 11.5 Å². The van der Waals surface area contributed by atoms with Crippen molar-refractivity contribution in [1.29, 1.82) is 0 Å². The zero-order chi connectivity index (χ0) is 24.0. The molecule has 3 heteroatoms. The summed E-state index contributed by atoms with van der Waals surface area (Å²) in [4.78, 5) is 0. The number of hydrogen-bond acceptors (Lipinski definition) is 3. The fourth-order valence-electron chi connectivity index (χ4n) is 5.13. The van der Waals surface area contributed by atoms with Crippen molar-refractivity contribution in [2.75, 3.05) is 10.6 Å². The van der Waals surface area contributed by atoms with E-state index >= 15 is 0 Å². The first-order chi connectivity index (χ1) is 15.6. The fourth-order valence-corrected chi connectivity index (χ4v) is 5.13. The lowest BCUT2D eigenvalue weighted by molar-refractivity contribution is 0.481. The molecule has 0 aliphatic carbocycles. The Morgan fingerprint density at radius 1 is 0.667 bits per heavy atom. The molecule has 0 bridgehead atoms. The normalized spacial score (nSPS) is 23.5. The highest BCUT2D eigenvalue weighted by atomic mass is 16.5. The third kappa shape index (κ3) is 4.30. The molecule has 2 unspecified atom stereocenters. The van der Waals surface area contributed by atoms with E-state index in [4.69, 9.17) is 4.74 Å². The van der Waals surface area contributed by atoms with Crippen LogP contribution in [0.3, 0.4) is 0 Å². The van der Waals surface area contributed by atoms with Crippen LogP contribution < -0.4 is 15.4 Å². The molecule has 0 fully saturated rings. The number of aryl methyl sites for hydroxylation is 2. The highest BCUT2D eigenvalue weighted by Gasteiger charge is 2.29. The minimum atomic E-state index is 0.00393. The Bertz CT molecular complexity index is 1050. The molecule has 2 aliphatic rings. The van der Waals surface area contributed by atoms with Crippen LogP contribution in [0.15, 0.2) is 36.4 Å². The summed E-state index contributed by atoms with van der Waals surface area (Å²) in [5, 5.41) is 7.55. The number of anilines is 2. The molecular formula is C30H40N2O. The number of allylic oxidation sites excluding steroid dienone is 2. The van der Waals surface area contributed by atoms with Crippen LogP contribution in [0, 0.1) is 13.8 Å². The maximum Gasteiger partial charge on any atom is 0.128 e. The van der Waals surface area contributed by atoms with Crippen molar-refractivity contribution in [1.82, 2.24) is 0 Å². The van der Waals surface area contributed by atoms with E-state index < -0.39 is 0 Å². The molecule has 2 N–H and O–H groups in total. The molecule has 2 aliphatic heterocycles. The molecule has 0 spiro atoms. The molecule has 176 valence electrons. The Kier molecular flexibility index (Phi) is 6.11. The van der Waals surface area contributed by atoms with E-state index in [1.807, 2.05) is 0 Å². The van der Waals surface area contributed by atoms with Gasteiger partial charge in [-0.2, -0.15) is 0 Å². The molecule has 0 saturated carbocycles. The van der Waals surface area contributed by atoms with E-state index in [-0.39, 0.29) is 11.1 Å². The first-order valence-corrected chi connectivity index (χ1v) is 12.6. The van der Waals surface area contributed by atoms with Crippen molar-refractivity contribution in [2.45, 2.75) is 92.2 Å².